The monoisotopic (exact) mass is 170 g/mol. The third-order valence-electron chi connectivity index (χ3n) is 0. The molecule has 0 rings (SSSR count). The number of rotatable bonds is 0. The fourth-order valence-electron chi connectivity index (χ4n) is 0. The molecule has 0 saturated carbocycles. The summed E-state index contributed by atoms with van der Waals surface area (Å²) in [7, 11) is -10.7. The van der Waals surface area contributed by atoms with E-state index in [2.05, 4.69) is 0 Å². The summed E-state index contributed by atoms with van der Waals surface area (Å²) in [6, 6.07) is 0. The van der Waals surface area contributed by atoms with Crippen LogP contribution >= 0.6 is 7.81 Å². The summed E-state index contributed by atoms with van der Waals surface area (Å²) in [5, 5.41) is 0. The van der Waals surface area contributed by atoms with E-state index >= 15 is 0 Å². The average Bonchev–Trinajstić information content (AvgIpc) is 0.592. The number of hydrogen-bond donors (Lipinski definition) is 0. The van der Waals surface area contributed by atoms with Crippen molar-refractivity contribution in [1.82, 2.24) is 0 Å². The zero-order valence-corrected chi connectivity index (χ0v) is 5.11. The van der Waals surface area contributed by atoms with Crippen molar-refractivity contribution in [1.29, 1.82) is 0 Å². The van der Waals surface area contributed by atoms with Gasteiger partial charge in [0.1, 0.15) is 0 Å². The summed E-state index contributed by atoms with van der Waals surface area (Å²) in [6.07, 6.45) is 0. The van der Waals surface area contributed by atoms with Crippen molar-refractivity contribution in [3.8, 4) is 0 Å². The van der Waals surface area contributed by atoms with Gasteiger partial charge < -0.3 is 5.48 Å². The molecule has 0 radical (unpaired) electrons. The van der Waals surface area contributed by atoms with Gasteiger partial charge in [-0.2, -0.15) is 0 Å². The van der Waals surface area contributed by atoms with Crippen molar-refractivity contribution in [2.75, 3.05) is 0 Å². The van der Waals surface area contributed by atoms with Crippen LogP contribution in [0, 0.1) is 0 Å². The van der Waals surface area contributed by atoms with Gasteiger partial charge in [0.25, 0.3) is 0 Å². The Bertz CT molecular complexity index is 71.6. The maximum Gasteiger partial charge on any atom is 1.00 e. The van der Waals surface area contributed by atoms with Crippen molar-refractivity contribution < 1.29 is 49.5 Å². The Morgan fingerprint density at radius 3 is 0.667 bits per heavy atom. The molecule has 0 saturated heterocycles. The van der Waals surface area contributed by atoms with E-state index in [1.807, 2.05) is 0 Å². The zero-order chi connectivity index (χ0) is 6.41. The summed E-state index contributed by atoms with van der Waals surface area (Å²) in [5.41, 5.74) is 0. The van der Waals surface area contributed by atoms with E-state index in [9.17, 15) is 25.2 Å². The van der Waals surface area contributed by atoms with Gasteiger partial charge in [-0.1, -0.05) is 0 Å². The standard InChI is InChI=1S/F6P.Li.H2O/c1-7(2,3,4,5)6;;/h;;1H2/q-1;+1;. The molecule has 0 aliphatic rings. The van der Waals surface area contributed by atoms with Crippen molar-refractivity contribution >= 4 is 7.81 Å². The van der Waals surface area contributed by atoms with Crippen LogP contribution in [0.3, 0.4) is 0 Å². The molecule has 1 nitrogen and oxygen atoms in total. The molecular weight excluding hydrogens is 168 g/mol. The second kappa shape index (κ2) is 2.02. The smallest absolute Gasteiger partial charge is 0.412 e. The van der Waals surface area contributed by atoms with Crippen LogP contribution in [0.15, 0.2) is 0 Å². The molecule has 0 aromatic rings. The second-order valence-electron chi connectivity index (χ2n) is 0.958. The van der Waals surface area contributed by atoms with E-state index < -0.39 is 7.81 Å². The Kier molecular flexibility index (Phi) is 3.66. The first-order valence-electron chi connectivity index (χ1n) is 1.01. The minimum atomic E-state index is -10.7. The minimum Gasteiger partial charge on any atom is -0.412 e. The molecule has 0 atom stereocenters. The van der Waals surface area contributed by atoms with Gasteiger partial charge in [0, 0.05) is 0 Å². The molecule has 0 aliphatic heterocycles. The summed E-state index contributed by atoms with van der Waals surface area (Å²) in [5.74, 6) is 0. The Morgan fingerprint density at radius 1 is 0.667 bits per heavy atom. The Morgan fingerprint density at radius 2 is 0.667 bits per heavy atom. The fourth-order valence-corrected chi connectivity index (χ4v) is 0. The van der Waals surface area contributed by atoms with Crippen LogP contribution in [0.2, 0.25) is 0 Å². The SMILES string of the molecule is F[P-](F)(F)(F)(F)F.O.[Li+]. The Labute approximate surface area is 58.1 Å². The normalized spacial score (nSPS) is 18.0. The van der Waals surface area contributed by atoms with Gasteiger partial charge in [0.05, 0.1) is 0 Å². The first kappa shape index (κ1) is 16.3. The minimum absolute atomic E-state index is 0. The predicted molar refractivity (Wildman–Crippen MR) is 17.2 cm³/mol. The summed E-state index contributed by atoms with van der Waals surface area (Å²) < 4.78 is 59.2. The second-order valence-corrected chi connectivity index (χ2v) is 2.87. The number of halogens is 6. The molecule has 0 amide bonds. The molecule has 0 unspecified atom stereocenters. The van der Waals surface area contributed by atoms with Crippen LogP contribution in [0.25, 0.3) is 0 Å². The van der Waals surface area contributed by atoms with E-state index in [4.69, 9.17) is 0 Å². The Balaban J connectivity index is -0.000000180. The van der Waals surface area contributed by atoms with Gasteiger partial charge in [0.15, 0.2) is 0 Å². The van der Waals surface area contributed by atoms with E-state index in [1.54, 1.807) is 0 Å². The molecule has 2 N–H and O–H groups in total. The number of hydrogen-bond acceptors (Lipinski definition) is 0. The van der Waals surface area contributed by atoms with Crippen LogP contribution < -0.4 is 18.9 Å². The molecule has 9 heavy (non-hydrogen) atoms. The third-order valence-corrected chi connectivity index (χ3v) is 0. The molecular formula is H2F6LiOP. The van der Waals surface area contributed by atoms with Crippen molar-refractivity contribution in [2.45, 2.75) is 0 Å². The molecule has 0 fully saturated rings. The molecule has 0 bridgehead atoms. The molecule has 0 heterocycles. The summed E-state index contributed by atoms with van der Waals surface area (Å²) >= 11 is 0. The van der Waals surface area contributed by atoms with Crippen LogP contribution in [0.4, 0.5) is 25.2 Å². The van der Waals surface area contributed by atoms with Gasteiger partial charge in [-0.15, -0.1) is 0 Å². The maximum atomic E-state index is 9.87. The van der Waals surface area contributed by atoms with Gasteiger partial charge in [-0.25, -0.2) is 0 Å². The molecule has 56 valence electrons. The van der Waals surface area contributed by atoms with Crippen LogP contribution in [-0.2, 0) is 0 Å². The summed E-state index contributed by atoms with van der Waals surface area (Å²) in [4.78, 5) is 0. The van der Waals surface area contributed by atoms with Gasteiger partial charge >= 0.3 is 51.9 Å². The molecule has 0 aliphatic carbocycles. The molecule has 0 aromatic heterocycles. The first-order valence-corrected chi connectivity index (χ1v) is 3.04. The van der Waals surface area contributed by atoms with E-state index in [-0.39, 0.29) is 24.3 Å². The van der Waals surface area contributed by atoms with Crippen LogP contribution in [0.5, 0.6) is 0 Å². The molecule has 0 aromatic carbocycles. The quantitative estimate of drug-likeness (QED) is 0.268. The van der Waals surface area contributed by atoms with Gasteiger partial charge in [0.2, 0.25) is 0 Å². The van der Waals surface area contributed by atoms with Crippen LogP contribution in [-0.4, -0.2) is 5.48 Å². The first-order chi connectivity index (χ1) is 2.45. The molecule has 9 heteroatoms. The van der Waals surface area contributed by atoms with E-state index in [0.29, 0.717) is 0 Å². The Hall–Kier alpha value is 0.567. The van der Waals surface area contributed by atoms with Crippen molar-refractivity contribution in [3.63, 3.8) is 0 Å². The van der Waals surface area contributed by atoms with Gasteiger partial charge in [-0.3, -0.25) is 0 Å². The zero-order valence-electron chi connectivity index (χ0n) is 4.22. The third kappa shape index (κ3) is 1150. The van der Waals surface area contributed by atoms with E-state index in [1.165, 1.54) is 0 Å². The molecule has 0 spiro atoms. The average molecular weight is 170 g/mol. The van der Waals surface area contributed by atoms with E-state index in [0.717, 1.165) is 0 Å². The largest absolute Gasteiger partial charge is 1.00 e. The van der Waals surface area contributed by atoms with Crippen molar-refractivity contribution in [3.05, 3.63) is 0 Å². The predicted octanol–water partition coefficient (Wildman–Crippen LogP) is -0.438. The maximum absolute atomic E-state index is 10.7. The topological polar surface area (TPSA) is 31.5 Å². The fraction of sp³-hybridized carbons (Fsp3) is 0. The summed E-state index contributed by atoms with van der Waals surface area (Å²) in [6.45, 7) is 0. The van der Waals surface area contributed by atoms with Crippen molar-refractivity contribution in [2.24, 2.45) is 0 Å². The van der Waals surface area contributed by atoms with Gasteiger partial charge in [-0.05, 0) is 0 Å². The van der Waals surface area contributed by atoms with Crippen LogP contribution in [0.1, 0.15) is 0 Å².